The van der Waals surface area contributed by atoms with Gasteiger partial charge in [0.15, 0.2) is 0 Å². The number of nitrogens with one attached hydrogen (secondary N) is 1. The van der Waals surface area contributed by atoms with E-state index in [-0.39, 0.29) is 5.91 Å². The summed E-state index contributed by atoms with van der Waals surface area (Å²) in [6, 6.07) is 26.7. The zero-order valence-electron chi connectivity index (χ0n) is 19.0. The summed E-state index contributed by atoms with van der Waals surface area (Å²) in [5.41, 5.74) is 5.00. The SMILES string of the molecule is O=C(CN1CCN(Cc2ccc(Cl)cc2)CC1)NN=Cc1c2ccccc2cc2ccccc12. The van der Waals surface area contributed by atoms with Gasteiger partial charge in [0.1, 0.15) is 0 Å². The molecule has 4 aromatic carbocycles. The first-order valence-corrected chi connectivity index (χ1v) is 11.9. The predicted octanol–water partition coefficient (Wildman–Crippen LogP) is 4.91. The van der Waals surface area contributed by atoms with Crippen LogP contribution >= 0.6 is 11.6 Å². The van der Waals surface area contributed by atoms with Gasteiger partial charge in [-0.2, -0.15) is 5.10 Å². The Morgan fingerprint density at radius 2 is 1.44 bits per heavy atom. The van der Waals surface area contributed by atoms with Crippen molar-refractivity contribution in [1.82, 2.24) is 15.2 Å². The normalized spacial score (nSPS) is 15.3. The predicted molar refractivity (Wildman–Crippen MR) is 140 cm³/mol. The van der Waals surface area contributed by atoms with Crippen molar-refractivity contribution in [2.24, 2.45) is 5.10 Å². The monoisotopic (exact) mass is 470 g/mol. The Bertz CT molecular complexity index is 1270. The second kappa shape index (κ2) is 10.3. The van der Waals surface area contributed by atoms with Crippen LogP contribution in [0, 0.1) is 0 Å². The van der Waals surface area contributed by atoms with Gasteiger partial charge in [-0.3, -0.25) is 14.6 Å². The molecule has 4 aromatic rings. The molecule has 6 heteroatoms. The van der Waals surface area contributed by atoms with Crippen molar-refractivity contribution in [2.75, 3.05) is 32.7 Å². The second-order valence-corrected chi connectivity index (χ2v) is 9.14. The first kappa shape index (κ1) is 22.5. The van der Waals surface area contributed by atoms with Crippen LogP contribution in [-0.4, -0.2) is 54.6 Å². The van der Waals surface area contributed by atoms with Crippen LogP contribution in [0.15, 0.2) is 84.0 Å². The van der Waals surface area contributed by atoms with Gasteiger partial charge in [0.2, 0.25) is 0 Å². The molecular weight excluding hydrogens is 444 g/mol. The van der Waals surface area contributed by atoms with Crippen molar-refractivity contribution in [3.05, 3.63) is 95.0 Å². The summed E-state index contributed by atoms with van der Waals surface area (Å²) in [5, 5.41) is 9.63. The lowest BCUT2D eigenvalue weighted by Crippen LogP contribution is -2.48. The molecule has 0 unspecified atom stereocenters. The standard InChI is InChI=1S/C28H27ClN4O/c29-24-11-9-21(10-12-24)19-32-13-15-33(16-14-32)20-28(34)31-30-18-27-25-7-3-1-5-22(25)17-23-6-2-4-8-26(23)27/h1-12,17-18H,13-16,19-20H2,(H,31,34). The average molecular weight is 471 g/mol. The third-order valence-corrected chi connectivity index (χ3v) is 6.60. The molecule has 0 radical (unpaired) electrons. The minimum absolute atomic E-state index is 0.0908. The minimum Gasteiger partial charge on any atom is -0.297 e. The minimum atomic E-state index is -0.0908. The van der Waals surface area contributed by atoms with Gasteiger partial charge in [-0.25, -0.2) is 5.43 Å². The Balaban J connectivity index is 1.17. The number of carbonyl (C=O) groups excluding carboxylic acids is 1. The van der Waals surface area contributed by atoms with E-state index >= 15 is 0 Å². The zero-order chi connectivity index (χ0) is 23.3. The largest absolute Gasteiger partial charge is 0.297 e. The highest BCUT2D eigenvalue weighted by molar-refractivity contribution is 6.30. The Morgan fingerprint density at radius 3 is 2.09 bits per heavy atom. The number of piperazine rings is 1. The maximum atomic E-state index is 12.5. The third kappa shape index (κ3) is 5.28. The molecule has 34 heavy (non-hydrogen) atoms. The van der Waals surface area contributed by atoms with Crippen molar-refractivity contribution in [2.45, 2.75) is 6.54 Å². The number of halogens is 1. The van der Waals surface area contributed by atoms with E-state index in [0.29, 0.717) is 6.54 Å². The molecule has 0 bridgehead atoms. The van der Waals surface area contributed by atoms with Crippen LogP contribution in [0.4, 0.5) is 0 Å². The summed E-state index contributed by atoms with van der Waals surface area (Å²) in [5.74, 6) is -0.0908. The second-order valence-electron chi connectivity index (χ2n) is 8.70. The molecule has 1 aliphatic rings. The van der Waals surface area contributed by atoms with Crippen molar-refractivity contribution in [1.29, 1.82) is 0 Å². The molecule has 0 aliphatic carbocycles. The van der Waals surface area contributed by atoms with Crippen molar-refractivity contribution >= 4 is 45.3 Å². The molecule has 172 valence electrons. The molecule has 1 heterocycles. The molecule has 1 aliphatic heterocycles. The maximum absolute atomic E-state index is 12.5. The van der Waals surface area contributed by atoms with Crippen LogP contribution in [0.3, 0.4) is 0 Å². The Hall–Kier alpha value is -3.25. The van der Waals surface area contributed by atoms with E-state index in [2.05, 4.69) is 62.8 Å². The first-order chi connectivity index (χ1) is 16.7. The fourth-order valence-electron chi connectivity index (χ4n) is 4.55. The van der Waals surface area contributed by atoms with E-state index in [1.54, 1.807) is 6.21 Å². The maximum Gasteiger partial charge on any atom is 0.254 e. The molecule has 0 spiro atoms. The summed E-state index contributed by atoms with van der Waals surface area (Å²) < 4.78 is 0. The Labute approximate surface area is 204 Å². The first-order valence-electron chi connectivity index (χ1n) is 11.6. The van der Waals surface area contributed by atoms with Crippen LogP contribution in [0.25, 0.3) is 21.5 Å². The van der Waals surface area contributed by atoms with Gasteiger partial charge < -0.3 is 0 Å². The van der Waals surface area contributed by atoms with Crippen LogP contribution in [-0.2, 0) is 11.3 Å². The molecule has 5 nitrogen and oxygen atoms in total. The highest BCUT2D eigenvalue weighted by Gasteiger charge is 2.19. The van der Waals surface area contributed by atoms with Gasteiger partial charge in [-0.1, -0.05) is 72.3 Å². The van der Waals surface area contributed by atoms with Crippen molar-refractivity contribution < 1.29 is 4.79 Å². The van der Waals surface area contributed by atoms with E-state index in [9.17, 15) is 4.79 Å². The van der Waals surface area contributed by atoms with Gasteiger partial charge in [0.25, 0.3) is 5.91 Å². The van der Waals surface area contributed by atoms with Crippen molar-refractivity contribution in [3.63, 3.8) is 0 Å². The summed E-state index contributed by atoms with van der Waals surface area (Å²) in [6.45, 7) is 4.84. The molecule has 0 saturated carbocycles. The molecule has 1 amide bonds. The van der Waals surface area contributed by atoms with Gasteiger partial charge in [0.05, 0.1) is 12.8 Å². The lowest BCUT2D eigenvalue weighted by atomic mass is 9.97. The summed E-state index contributed by atoms with van der Waals surface area (Å²) in [6.07, 6.45) is 1.77. The molecule has 5 rings (SSSR count). The van der Waals surface area contributed by atoms with Crippen LogP contribution in [0.2, 0.25) is 5.02 Å². The number of hydrazone groups is 1. The van der Waals surface area contributed by atoms with Crippen LogP contribution < -0.4 is 5.43 Å². The summed E-state index contributed by atoms with van der Waals surface area (Å²) in [4.78, 5) is 17.1. The number of carbonyl (C=O) groups is 1. The number of nitrogens with zero attached hydrogens (tertiary/aromatic N) is 3. The molecule has 0 aromatic heterocycles. The zero-order valence-corrected chi connectivity index (χ0v) is 19.7. The van der Waals surface area contributed by atoms with Crippen LogP contribution in [0.5, 0.6) is 0 Å². The summed E-state index contributed by atoms with van der Waals surface area (Å²) >= 11 is 5.98. The van der Waals surface area contributed by atoms with E-state index < -0.39 is 0 Å². The summed E-state index contributed by atoms with van der Waals surface area (Å²) in [7, 11) is 0. The van der Waals surface area contributed by atoms with Gasteiger partial charge in [-0.05, 0) is 45.3 Å². The Kier molecular flexibility index (Phi) is 6.86. The number of rotatable bonds is 6. The number of amides is 1. The highest BCUT2D eigenvalue weighted by Crippen LogP contribution is 2.27. The molecule has 1 N–H and O–H groups in total. The quantitative estimate of drug-likeness (QED) is 0.247. The van der Waals surface area contributed by atoms with E-state index in [4.69, 9.17) is 11.6 Å². The molecular formula is C28H27ClN4O. The van der Waals surface area contributed by atoms with Crippen LogP contribution in [0.1, 0.15) is 11.1 Å². The number of hydrogen-bond acceptors (Lipinski definition) is 4. The van der Waals surface area contributed by atoms with Gasteiger partial charge >= 0.3 is 0 Å². The lowest BCUT2D eigenvalue weighted by Gasteiger charge is -2.34. The third-order valence-electron chi connectivity index (χ3n) is 6.35. The number of fused-ring (bicyclic) bond motifs is 2. The van der Waals surface area contributed by atoms with E-state index in [0.717, 1.165) is 64.9 Å². The molecule has 1 fully saturated rings. The molecule has 0 atom stereocenters. The van der Waals surface area contributed by atoms with Gasteiger partial charge in [0, 0.05) is 43.3 Å². The van der Waals surface area contributed by atoms with Crippen molar-refractivity contribution in [3.8, 4) is 0 Å². The fourth-order valence-corrected chi connectivity index (χ4v) is 4.67. The van der Waals surface area contributed by atoms with E-state index in [1.807, 2.05) is 36.4 Å². The van der Waals surface area contributed by atoms with E-state index in [1.165, 1.54) is 5.56 Å². The Morgan fingerprint density at radius 1 is 0.853 bits per heavy atom. The number of hydrogen-bond donors (Lipinski definition) is 1. The average Bonchev–Trinajstić information content (AvgIpc) is 2.86. The highest BCUT2D eigenvalue weighted by atomic mass is 35.5. The smallest absolute Gasteiger partial charge is 0.254 e. The molecule has 1 saturated heterocycles. The van der Waals surface area contributed by atoms with Gasteiger partial charge in [-0.15, -0.1) is 0 Å². The number of benzene rings is 4. The fraction of sp³-hybridized carbons (Fsp3) is 0.214. The lowest BCUT2D eigenvalue weighted by molar-refractivity contribution is -0.122. The topological polar surface area (TPSA) is 47.9 Å².